The van der Waals surface area contributed by atoms with Gasteiger partial charge in [-0.05, 0) is 47.0 Å². The molecule has 1 aromatic carbocycles. The van der Waals surface area contributed by atoms with E-state index in [1.807, 2.05) is 6.92 Å². The fourth-order valence-corrected chi connectivity index (χ4v) is 1.38. The second-order valence-electron chi connectivity index (χ2n) is 2.50. The lowest BCUT2D eigenvalue weighted by atomic mass is 10.1. The van der Waals surface area contributed by atoms with E-state index in [9.17, 15) is 10.2 Å². The van der Waals surface area contributed by atoms with Crippen LogP contribution in [0.15, 0.2) is 10.5 Å². The van der Waals surface area contributed by atoms with Gasteiger partial charge in [0, 0.05) is 0 Å². The monoisotopic (exact) mass is 216 g/mol. The number of aromatic hydroxyl groups is 2. The molecule has 0 heterocycles. The Balaban J connectivity index is 3.46. The van der Waals surface area contributed by atoms with Crippen molar-refractivity contribution in [3.05, 3.63) is 21.7 Å². The summed E-state index contributed by atoms with van der Waals surface area (Å²) in [6.45, 7) is 3.64. The largest absolute Gasteiger partial charge is 0.504 e. The molecule has 0 saturated heterocycles. The Labute approximate surface area is 73.6 Å². The van der Waals surface area contributed by atoms with Gasteiger partial charge in [-0.1, -0.05) is 0 Å². The van der Waals surface area contributed by atoms with Crippen molar-refractivity contribution in [2.75, 3.05) is 0 Å². The summed E-state index contributed by atoms with van der Waals surface area (Å²) in [5, 5.41) is 18.5. The van der Waals surface area contributed by atoms with Gasteiger partial charge in [-0.3, -0.25) is 0 Å². The van der Waals surface area contributed by atoms with Gasteiger partial charge in [-0.25, -0.2) is 0 Å². The van der Waals surface area contributed by atoms with E-state index in [0.717, 1.165) is 5.56 Å². The number of hydrogen-bond donors (Lipinski definition) is 2. The highest BCUT2D eigenvalue weighted by atomic mass is 79.9. The number of aryl methyl sites for hydroxylation is 1. The first-order chi connectivity index (χ1) is 5.04. The van der Waals surface area contributed by atoms with Crippen LogP contribution in [-0.2, 0) is 0 Å². The third kappa shape index (κ3) is 1.33. The first-order valence-electron chi connectivity index (χ1n) is 3.21. The van der Waals surface area contributed by atoms with Gasteiger partial charge < -0.3 is 10.2 Å². The van der Waals surface area contributed by atoms with E-state index in [1.165, 1.54) is 0 Å². The summed E-state index contributed by atoms with van der Waals surface area (Å²) in [5.74, 6) is -0.134. The Morgan fingerprint density at radius 1 is 1.18 bits per heavy atom. The van der Waals surface area contributed by atoms with E-state index in [2.05, 4.69) is 15.9 Å². The fourth-order valence-electron chi connectivity index (χ4n) is 0.844. The number of phenols is 2. The van der Waals surface area contributed by atoms with E-state index in [1.54, 1.807) is 13.0 Å². The first kappa shape index (κ1) is 8.40. The van der Waals surface area contributed by atoms with E-state index in [4.69, 9.17) is 0 Å². The minimum Gasteiger partial charge on any atom is -0.504 e. The van der Waals surface area contributed by atoms with Crippen LogP contribution in [0.25, 0.3) is 0 Å². The Morgan fingerprint density at radius 3 is 2.27 bits per heavy atom. The van der Waals surface area contributed by atoms with Crippen LogP contribution in [0.1, 0.15) is 11.1 Å². The van der Waals surface area contributed by atoms with Gasteiger partial charge in [-0.2, -0.15) is 0 Å². The molecule has 3 heteroatoms. The maximum atomic E-state index is 9.29. The van der Waals surface area contributed by atoms with Gasteiger partial charge in [0.2, 0.25) is 0 Å². The Hall–Kier alpha value is -0.700. The van der Waals surface area contributed by atoms with Crippen LogP contribution in [-0.4, -0.2) is 10.2 Å². The molecule has 0 amide bonds. The molecule has 11 heavy (non-hydrogen) atoms. The van der Waals surface area contributed by atoms with Gasteiger partial charge in [-0.15, -0.1) is 0 Å². The maximum Gasteiger partial charge on any atom is 0.172 e. The highest BCUT2D eigenvalue weighted by Gasteiger charge is 2.09. The molecule has 0 aliphatic carbocycles. The number of hydrogen-bond acceptors (Lipinski definition) is 2. The third-order valence-corrected chi connectivity index (χ3v) is 2.34. The van der Waals surface area contributed by atoms with E-state index in [-0.39, 0.29) is 11.5 Å². The summed E-state index contributed by atoms with van der Waals surface area (Å²) < 4.78 is 0.526. The minimum absolute atomic E-state index is 0.0446. The van der Waals surface area contributed by atoms with Crippen molar-refractivity contribution < 1.29 is 10.2 Å². The number of rotatable bonds is 0. The van der Waals surface area contributed by atoms with Gasteiger partial charge in [0.05, 0.1) is 4.47 Å². The van der Waals surface area contributed by atoms with Crippen LogP contribution < -0.4 is 0 Å². The SMILES string of the molecule is Cc1cc(Br)c(O)c(O)c1C. The van der Waals surface area contributed by atoms with Crippen molar-refractivity contribution in [3.8, 4) is 11.5 Å². The van der Waals surface area contributed by atoms with Gasteiger partial charge in [0.15, 0.2) is 11.5 Å². The predicted octanol–water partition coefficient (Wildman–Crippen LogP) is 2.48. The normalized spacial score (nSPS) is 10.1. The summed E-state index contributed by atoms with van der Waals surface area (Å²) in [4.78, 5) is 0. The zero-order valence-corrected chi connectivity index (χ0v) is 7.94. The van der Waals surface area contributed by atoms with E-state index in [0.29, 0.717) is 10.0 Å². The van der Waals surface area contributed by atoms with Crippen molar-refractivity contribution in [1.82, 2.24) is 0 Å². The average molecular weight is 217 g/mol. The molecule has 2 N–H and O–H groups in total. The second kappa shape index (κ2) is 2.74. The summed E-state index contributed by atoms with van der Waals surface area (Å²) in [6, 6.07) is 1.77. The average Bonchev–Trinajstić information content (AvgIpc) is 1.97. The molecular weight excluding hydrogens is 208 g/mol. The lowest BCUT2D eigenvalue weighted by molar-refractivity contribution is 0.398. The van der Waals surface area contributed by atoms with E-state index >= 15 is 0 Å². The lowest BCUT2D eigenvalue weighted by Crippen LogP contribution is -1.82. The standard InChI is InChI=1S/C8H9BrO2/c1-4-3-6(9)8(11)7(10)5(4)2/h3,10-11H,1-2H3. The minimum atomic E-state index is -0.0897. The smallest absolute Gasteiger partial charge is 0.172 e. The summed E-state index contributed by atoms with van der Waals surface area (Å²) in [7, 11) is 0. The van der Waals surface area contributed by atoms with Crippen LogP contribution >= 0.6 is 15.9 Å². The van der Waals surface area contributed by atoms with Crippen molar-refractivity contribution in [2.45, 2.75) is 13.8 Å². The molecule has 0 bridgehead atoms. The Morgan fingerprint density at radius 2 is 1.73 bits per heavy atom. The zero-order valence-electron chi connectivity index (χ0n) is 6.35. The summed E-state index contributed by atoms with van der Waals surface area (Å²) >= 11 is 3.12. The Kier molecular flexibility index (Phi) is 2.09. The molecule has 0 spiro atoms. The topological polar surface area (TPSA) is 40.5 Å². The number of halogens is 1. The molecule has 1 rings (SSSR count). The summed E-state index contributed by atoms with van der Waals surface area (Å²) in [6.07, 6.45) is 0. The number of phenolic OH excluding ortho intramolecular Hbond substituents is 2. The molecule has 0 unspecified atom stereocenters. The molecule has 1 aromatic rings. The van der Waals surface area contributed by atoms with Crippen LogP contribution in [0.5, 0.6) is 11.5 Å². The van der Waals surface area contributed by atoms with Crippen LogP contribution in [0.4, 0.5) is 0 Å². The van der Waals surface area contributed by atoms with Crippen LogP contribution in [0, 0.1) is 13.8 Å². The van der Waals surface area contributed by atoms with Crippen LogP contribution in [0.2, 0.25) is 0 Å². The van der Waals surface area contributed by atoms with Crippen molar-refractivity contribution in [2.24, 2.45) is 0 Å². The van der Waals surface area contributed by atoms with Crippen molar-refractivity contribution >= 4 is 15.9 Å². The number of benzene rings is 1. The van der Waals surface area contributed by atoms with Crippen molar-refractivity contribution in [3.63, 3.8) is 0 Å². The first-order valence-corrected chi connectivity index (χ1v) is 4.01. The van der Waals surface area contributed by atoms with Gasteiger partial charge in [0.25, 0.3) is 0 Å². The van der Waals surface area contributed by atoms with Gasteiger partial charge >= 0.3 is 0 Å². The molecule has 2 nitrogen and oxygen atoms in total. The van der Waals surface area contributed by atoms with Crippen molar-refractivity contribution in [1.29, 1.82) is 0 Å². The molecule has 0 atom stereocenters. The van der Waals surface area contributed by atoms with E-state index < -0.39 is 0 Å². The van der Waals surface area contributed by atoms with Gasteiger partial charge in [0.1, 0.15) is 0 Å². The molecule has 0 saturated carbocycles. The molecule has 0 radical (unpaired) electrons. The highest BCUT2D eigenvalue weighted by molar-refractivity contribution is 9.10. The quantitative estimate of drug-likeness (QED) is 0.655. The highest BCUT2D eigenvalue weighted by Crippen LogP contribution is 2.37. The zero-order chi connectivity index (χ0) is 8.59. The molecule has 0 fully saturated rings. The molecule has 0 aliphatic rings. The Bertz CT molecular complexity index is 268. The maximum absolute atomic E-state index is 9.29. The lowest BCUT2D eigenvalue weighted by Gasteiger charge is -2.06. The second-order valence-corrected chi connectivity index (χ2v) is 3.35. The molecule has 0 aliphatic heterocycles. The molecular formula is C8H9BrO2. The fraction of sp³-hybridized carbons (Fsp3) is 0.250. The predicted molar refractivity (Wildman–Crippen MR) is 46.9 cm³/mol. The van der Waals surface area contributed by atoms with Crippen LogP contribution in [0.3, 0.4) is 0 Å². The third-order valence-electron chi connectivity index (χ3n) is 1.74. The summed E-state index contributed by atoms with van der Waals surface area (Å²) in [5.41, 5.74) is 1.66. The molecule has 60 valence electrons. The molecule has 0 aromatic heterocycles.